The Balaban J connectivity index is 1.58. The lowest BCUT2D eigenvalue weighted by atomic mass is 9.80. The van der Waals surface area contributed by atoms with Crippen molar-refractivity contribution in [1.29, 1.82) is 0 Å². The van der Waals surface area contributed by atoms with Gasteiger partial charge in [0.2, 0.25) is 0 Å². The van der Waals surface area contributed by atoms with Crippen molar-refractivity contribution in [2.24, 2.45) is 0 Å². The lowest BCUT2D eigenvalue weighted by Gasteiger charge is -2.36. The summed E-state index contributed by atoms with van der Waals surface area (Å²) in [6.45, 7) is 3.91. The summed E-state index contributed by atoms with van der Waals surface area (Å²) in [4.78, 5) is 12.6. The van der Waals surface area contributed by atoms with Gasteiger partial charge in [0.15, 0.2) is 17.7 Å². The van der Waals surface area contributed by atoms with Crippen LogP contribution in [0, 0.1) is 0 Å². The first-order valence-electron chi connectivity index (χ1n) is 10.9. The molecule has 1 unspecified atom stereocenters. The Bertz CT molecular complexity index is 1020. The van der Waals surface area contributed by atoms with E-state index in [4.69, 9.17) is 14.2 Å². The van der Waals surface area contributed by atoms with E-state index in [0.29, 0.717) is 0 Å². The van der Waals surface area contributed by atoms with Crippen molar-refractivity contribution in [3.8, 4) is 0 Å². The highest BCUT2D eigenvalue weighted by Gasteiger charge is 2.50. The van der Waals surface area contributed by atoms with Gasteiger partial charge in [0, 0.05) is 0 Å². The van der Waals surface area contributed by atoms with Crippen LogP contribution in [0.25, 0.3) is 0 Å². The van der Waals surface area contributed by atoms with Crippen LogP contribution in [0.1, 0.15) is 30.5 Å². The molecule has 1 fully saturated rings. The number of rotatable bonds is 6. The molecule has 0 aromatic heterocycles. The molecule has 162 valence electrons. The highest BCUT2D eigenvalue weighted by atomic mass is 16.8. The van der Waals surface area contributed by atoms with Crippen LogP contribution in [0.4, 0.5) is 0 Å². The van der Waals surface area contributed by atoms with Crippen molar-refractivity contribution in [3.05, 3.63) is 119 Å². The minimum absolute atomic E-state index is 0.0658. The van der Waals surface area contributed by atoms with Crippen molar-refractivity contribution in [3.63, 3.8) is 0 Å². The van der Waals surface area contributed by atoms with E-state index in [1.807, 2.05) is 68.4 Å². The number of hydrogen-bond donors (Lipinski definition) is 0. The molecule has 1 aliphatic heterocycles. The molecule has 0 saturated carbocycles. The molecule has 0 radical (unpaired) electrons. The van der Waals surface area contributed by atoms with E-state index in [9.17, 15) is 4.79 Å². The molecule has 1 heterocycles. The Hall–Kier alpha value is -3.05. The number of carbonyl (C=O) groups is 1. The zero-order valence-corrected chi connectivity index (χ0v) is 18.2. The van der Waals surface area contributed by atoms with Crippen molar-refractivity contribution < 1.29 is 19.0 Å². The molecule has 0 bridgehead atoms. The maximum atomic E-state index is 12.6. The Labute approximate surface area is 188 Å². The monoisotopic (exact) mass is 426 g/mol. The molecule has 4 nitrogen and oxygen atoms in total. The first kappa shape index (κ1) is 20.8. The standard InChI is InChI=1S/C28H26O4/c1-27(2)31-25-20(18-24(29)26(25)32-27)19-30-28(21-12-6-3-7-13-21,22-14-8-4-9-15-22)23-16-10-5-11-17-23/h3-18,25-26H,19H2,1-2H3/t25-,26?/m1/s1. The zero-order valence-electron chi connectivity index (χ0n) is 18.2. The van der Waals surface area contributed by atoms with Gasteiger partial charge in [0.25, 0.3) is 0 Å². The quantitative estimate of drug-likeness (QED) is 0.519. The van der Waals surface area contributed by atoms with Gasteiger partial charge in [-0.3, -0.25) is 4.79 Å². The Morgan fingerprint density at radius 3 is 1.66 bits per heavy atom. The second-order valence-corrected chi connectivity index (χ2v) is 8.67. The minimum Gasteiger partial charge on any atom is -0.356 e. The fourth-order valence-corrected chi connectivity index (χ4v) is 4.67. The van der Waals surface area contributed by atoms with Crippen LogP contribution in [-0.4, -0.2) is 30.4 Å². The summed E-state index contributed by atoms with van der Waals surface area (Å²) in [7, 11) is 0. The average molecular weight is 427 g/mol. The van der Waals surface area contributed by atoms with E-state index < -0.39 is 23.6 Å². The van der Waals surface area contributed by atoms with E-state index in [2.05, 4.69) is 36.4 Å². The summed E-state index contributed by atoms with van der Waals surface area (Å²) < 4.78 is 18.7. The second kappa shape index (κ2) is 8.14. The predicted molar refractivity (Wildman–Crippen MR) is 122 cm³/mol. The summed E-state index contributed by atoms with van der Waals surface area (Å²) in [5.74, 6) is -0.858. The number of ketones is 1. The lowest BCUT2D eigenvalue weighted by Crippen LogP contribution is -2.35. The molecule has 0 N–H and O–H groups in total. The van der Waals surface area contributed by atoms with Crippen LogP contribution in [-0.2, 0) is 24.6 Å². The molecular formula is C28H26O4. The maximum absolute atomic E-state index is 12.6. The zero-order chi connectivity index (χ0) is 22.2. The molecule has 32 heavy (non-hydrogen) atoms. The third kappa shape index (κ3) is 3.61. The Morgan fingerprint density at radius 2 is 1.19 bits per heavy atom. The molecule has 3 aromatic carbocycles. The third-order valence-electron chi connectivity index (χ3n) is 6.07. The van der Waals surface area contributed by atoms with Crippen molar-refractivity contribution >= 4 is 5.78 Å². The SMILES string of the molecule is CC1(C)OC2C(=O)C=C(COC(c3ccccc3)(c3ccccc3)c3ccccc3)[C@H]2O1. The van der Waals surface area contributed by atoms with E-state index >= 15 is 0 Å². The van der Waals surface area contributed by atoms with Gasteiger partial charge in [-0.2, -0.15) is 0 Å². The summed E-state index contributed by atoms with van der Waals surface area (Å²) in [5, 5.41) is 0. The molecule has 2 atom stereocenters. The Morgan fingerprint density at radius 1 is 0.750 bits per heavy atom. The molecule has 3 aromatic rings. The van der Waals surface area contributed by atoms with Gasteiger partial charge >= 0.3 is 0 Å². The van der Waals surface area contributed by atoms with Crippen molar-refractivity contribution in [1.82, 2.24) is 0 Å². The van der Waals surface area contributed by atoms with Crippen LogP contribution in [0.2, 0.25) is 0 Å². The number of hydrogen-bond acceptors (Lipinski definition) is 4. The minimum atomic E-state index is -0.846. The van der Waals surface area contributed by atoms with Gasteiger partial charge in [-0.15, -0.1) is 0 Å². The van der Waals surface area contributed by atoms with E-state index in [1.165, 1.54) is 0 Å². The van der Waals surface area contributed by atoms with Gasteiger partial charge in [-0.1, -0.05) is 91.0 Å². The Kier molecular flexibility index (Phi) is 5.30. The maximum Gasteiger partial charge on any atom is 0.187 e. The van der Waals surface area contributed by atoms with E-state index in [-0.39, 0.29) is 12.4 Å². The molecular weight excluding hydrogens is 400 g/mol. The van der Waals surface area contributed by atoms with E-state index in [1.54, 1.807) is 6.08 Å². The molecule has 0 amide bonds. The number of ether oxygens (including phenoxy) is 3. The van der Waals surface area contributed by atoms with Gasteiger partial charge in [0.1, 0.15) is 11.7 Å². The molecule has 1 aliphatic carbocycles. The van der Waals surface area contributed by atoms with Crippen molar-refractivity contribution in [2.75, 3.05) is 6.61 Å². The summed E-state index contributed by atoms with van der Waals surface area (Å²) in [6, 6.07) is 30.6. The fraction of sp³-hybridized carbons (Fsp3) is 0.250. The summed E-state index contributed by atoms with van der Waals surface area (Å²) in [5.41, 5.74) is 3.01. The van der Waals surface area contributed by atoms with Crippen LogP contribution in [0.15, 0.2) is 103 Å². The lowest BCUT2D eigenvalue weighted by molar-refractivity contribution is -0.153. The molecule has 0 spiro atoms. The second-order valence-electron chi connectivity index (χ2n) is 8.67. The highest BCUT2D eigenvalue weighted by Crippen LogP contribution is 2.42. The summed E-state index contributed by atoms with van der Waals surface area (Å²) in [6.07, 6.45) is 0.608. The molecule has 5 rings (SSSR count). The number of carbonyl (C=O) groups excluding carboxylic acids is 1. The third-order valence-corrected chi connectivity index (χ3v) is 6.07. The number of fused-ring (bicyclic) bond motifs is 1. The first-order valence-corrected chi connectivity index (χ1v) is 10.9. The van der Waals surface area contributed by atoms with Crippen LogP contribution in [0.5, 0.6) is 0 Å². The molecule has 2 aliphatic rings. The van der Waals surface area contributed by atoms with Gasteiger partial charge < -0.3 is 14.2 Å². The topological polar surface area (TPSA) is 44.8 Å². The average Bonchev–Trinajstić information content (AvgIpc) is 3.29. The largest absolute Gasteiger partial charge is 0.356 e. The normalized spacial score (nSPS) is 21.9. The molecule has 1 saturated heterocycles. The van der Waals surface area contributed by atoms with Gasteiger partial charge in [0.05, 0.1) is 6.61 Å². The van der Waals surface area contributed by atoms with Crippen LogP contribution < -0.4 is 0 Å². The van der Waals surface area contributed by atoms with Gasteiger partial charge in [-0.25, -0.2) is 0 Å². The molecule has 4 heteroatoms. The van der Waals surface area contributed by atoms with Crippen molar-refractivity contribution in [2.45, 2.75) is 37.4 Å². The van der Waals surface area contributed by atoms with Crippen LogP contribution in [0.3, 0.4) is 0 Å². The van der Waals surface area contributed by atoms with Gasteiger partial charge in [-0.05, 0) is 42.2 Å². The predicted octanol–water partition coefficient (Wildman–Crippen LogP) is 5.02. The summed E-state index contributed by atoms with van der Waals surface area (Å²) >= 11 is 0. The van der Waals surface area contributed by atoms with E-state index in [0.717, 1.165) is 22.3 Å². The van der Waals surface area contributed by atoms with Crippen LogP contribution >= 0.6 is 0 Å². The smallest absolute Gasteiger partial charge is 0.187 e. The fourth-order valence-electron chi connectivity index (χ4n) is 4.67. The first-order chi connectivity index (χ1) is 15.5. The number of benzene rings is 3. The highest BCUT2D eigenvalue weighted by molar-refractivity contribution is 5.98.